The Hall–Kier alpha value is -2.55. The molecule has 3 nitrogen and oxygen atoms in total. The lowest BCUT2D eigenvalue weighted by molar-refractivity contribution is 0.0531. The quantitative estimate of drug-likeness (QED) is 0.138. The van der Waals surface area contributed by atoms with E-state index >= 15 is 0 Å². The third kappa shape index (κ3) is 7.01. The summed E-state index contributed by atoms with van der Waals surface area (Å²) in [5.74, 6) is 0.853. The molecule has 2 aliphatic heterocycles. The van der Waals surface area contributed by atoms with Crippen LogP contribution in [0.4, 0.5) is 5.69 Å². The average molecular weight is 544 g/mol. The maximum atomic E-state index is 11.3. The number of rotatable bonds is 18. The van der Waals surface area contributed by atoms with E-state index in [4.69, 9.17) is 4.74 Å². The predicted octanol–water partition coefficient (Wildman–Crippen LogP) is 10.7. The van der Waals surface area contributed by atoms with Crippen molar-refractivity contribution in [3.63, 3.8) is 0 Å². The van der Waals surface area contributed by atoms with Crippen LogP contribution < -0.4 is 9.64 Å². The molecule has 2 aromatic rings. The number of benzene rings is 2. The lowest BCUT2D eigenvalue weighted by atomic mass is 9.76. The number of para-hydroxylation sites is 1. The Kier molecular flexibility index (Phi) is 11.3. The highest BCUT2D eigenvalue weighted by Crippen LogP contribution is 2.54. The van der Waals surface area contributed by atoms with Crippen molar-refractivity contribution >= 4 is 18.0 Å². The maximum Gasteiger partial charge on any atom is 0.212 e. The third-order valence-electron chi connectivity index (χ3n) is 9.32. The van der Waals surface area contributed by atoms with Gasteiger partial charge in [-0.3, -0.25) is 4.79 Å². The molecule has 0 bridgehead atoms. The fourth-order valence-electron chi connectivity index (χ4n) is 6.80. The molecule has 0 aromatic heterocycles. The largest absolute Gasteiger partial charge is 0.463 e. The first kappa shape index (κ1) is 30.4. The van der Waals surface area contributed by atoms with Gasteiger partial charge in [-0.15, -0.1) is 0 Å². The summed E-state index contributed by atoms with van der Waals surface area (Å²) in [4.78, 5) is 13.8. The summed E-state index contributed by atoms with van der Waals surface area (Å²) < 4.78 is 6.89. The van der Waals surface area contributed by atoms with Crippen LogP contribution in [0.25, 0.3) is 6.08 Å². The smallest absolute Gasteiger partial charge is 0.212 e. The molecular formula is C37H53NO2. The van der Waals surface area contributed by atoms with Gasteiger partial charge in [0, 0.05) is 23.4 Å². The van der Waals surface area contributed by atoms with Crippen LogP contribution in [0.15, 0.2) is 48.5 Å². The summed E-state index contributed by atoms with van der Waals surface area (Å²) in [5.41, 5.74) is 3.50. The fraction of sp³-hybridized carbons (Fsp3) is 0.595. The van der Waals surface area contributed by atoms with Crippen molar-refractivity contribution in [3.05, 3.63) is 65.2 Å². The molecule has 0 amide bonds. The normalized spacial score (nSPS) is 18.5. The predicted molar refractivity (Wildman–Crippen MR) is 171 cm³/mol. The molecule has 0 saturated heterocycles. The standard InChI is InChI=1S/C37H53NO2/c1-4-5-6-7-8-9-10-11-12-13-14-15-16-17-18-21-28-38-34-23-20-19-22-33(34)36(2,3)37(38)27-26-32-29-31(30-39)24-25-35(32)40-37/h19-20,22-27,29-30H,4-18,21,28H2,1-3H3/t37-/m0/s1. The first-order valence-electron chi connectivity index (χ1n) is 16.4. The van der Waals surface area contributed by atoms with Crippen LogP contribution in [-0.4, -0.2) is 18.6 Å². The summed E-state index contributed by atoms with van der Waals surface area (Å²) in [6.45, 7) is 7.87. The van der Waals surface area contributed by atoms with Gasteiger partial charge in [-0.2, -0.15) is 0 Å². The number of aldehydes is 1. The zero-order chi connectivity index (χ0) is 28.3. The molecule has 3 heteroatoms. The summed E-state index contributed by atoms with van der Waals surface area (Å²) in [6.07, 6.45) is 27.4. The van der Waals surface area contributed by atoms with Gasteiger partial charge in [-0.1, -0.05) is 121 Å². The van der Waals surface area contributed by atoms with Crippen molar-refractivity contribution in [1.29, 1.82) is 0 Å². The second-order valence-corrected chi connectivity index (χ2v) is 12.6. The Morgan fingerprint density at radius 3 is 1.93 bits per heavy atom. The van der Waals surface area contributed by atoms with E-state index < -0.39 is 5.72 Å². The monoisotopic (exact) mass is 543 g/mol. The molecule has 1 atom stereocenters. The molecule has 2 aromatic carbocycles. The van der Waals surface area contributed by atoms with Crippen LogP contribution >= 0.6 is 0 Å². The van der Waals surface area contributed by atoms with Gasteiger partial charge >= 0.3 is 0 Å². The highest BCUT2D eigenvalue weighted by atomic mass is 16.5. The summed E-state index contributed by atoms with van der Waals surface area (Å²) in [7, 11) is 0. The Morgan fingerprint density at radius 1 is 0.750 bits per heavy atom. The highest BCUT2D eigenvalue weighted by molar-refractivity contribution is 5.79. The second kappa shape index (κ2) is 14.9. The molecule has 218 valence electrons. The van der Waals surface area contributed by atoms with Crippen LogP contribution in [0, 0.1) is 0 Å². The van der Waals surface area contributed by atoms with Crippen molar-refractivity contribution in [3.8, 4) is 5.75 Å². The summed E-state index contributed by atoms with van der Waals surface area (Å²) in [6, 6.07) is 14.5. The van der Waals surface area contributed by atoms with Gasteiger partial charge < -0.3 is 9.64 Å². The topological polar surface area (TPSA) is 29.5 Å². The third-order valence-corrected chi connectivity index (χ3v) is 9.32. The molecule has 40 heavy (non-hydrogen) atoms. The number of carbonyl (C=O) groups excluding carboxylic acids is 1. The van der Waals surface area contributed by atoms with Crippen LogP contribution in [0.5, 0.6) is 5.75 Å². The highest BCUT2D eigenvalue weighted by Gasteiger charge is 2.58. The first-order chi connectivity index (χ1) is 19.5. The molecular weight excluding hydrogens is 490 g/mol. The maximum absolute atomic E-state index is 11.3. The molecule has 0 N–H and O–H groups in total. The van der Waals surface area contributed by atoms with Crippen LogP contribution in [0.2, 0.25) is 0 Å². The van der Waals surface area contributed by atoms with E-state index in [0.717, 1.165) is 24.1 Å². The molecule has 0 unspecified atom stereocenters. The van der Waals surface area contributed by atoms with Crippen LogP contribution in [0.1, 0.15) is 145 Å². The Bertz CT molecular complexity index is 1100. The second-order valence-electron chi connectivity index (χ2n) is 12.6. The Morgan fingerprint density at radius 2 is 1.32 bits per heavy atom. The van der Waals surface area contributed by atoms with Crippen LogP contribution in [-0.2, 0) is 5.41 Å². The van der Waals surface area contributed by atoms with E-state index in [2.05, 4.69) is 62.1 Å². The van der Waals surface area contributed by atoms with Gasteiger partial charge in [0.1, 0.15) is 12.0 Å². The van der Waals surface area contributed by atoms with Crippen LogP contribution in [0.3, 0.4) is 0 Å². The van der Waals surface area contributed by atoms with Crippen molar-refractivity contribution in [1.82, 2.24) is 0 Å². The Labute approximate surface area is 244 Å². The summed E-state index contributed by atoms with van der Waals surface area (Å²) in [5, 5.41) is 0. The molecule has 0 aliphatic carbocycles. The van der Waals surface area contributed by atoms with E-state index in [9.17, 15) is 4.79 Å². The zero-order valence-corrected chi connectivity index (χ0v) is 25.6. The SMILES string of the molecule is CCCCCCCCCCCCCCCCCCN1c2ccccc2C(C)(C)[C@@]12C=Cc1cc(C=O)ccc1O2. The number of nitrogens with zero attached hydrogens (tertiary/aromatic N) is 1. The molecule has 2 aliphatic rings. The van der Waals surface area contributed by atoms with Gasteiger partial charge in [0.05, 0.1) is 5.41 Å². The minimum Gasteiger partial charge on any atom is -0.463 e. The Balaban J connectivity index is 1.21. The molecule has 4 rings (SSSR count). The lowest BCUT2D eigenvalue weighted by Gasteiger charge is -2.47. The molecule has 2 heterocycles. The zero-order valence-electron chi connectivity index (χ0n) is 25.6. The molecule has 0 saturated carbocycles. The number of fused-ring (bicyclic) bond motifs is 2. The van der Waals surface area contributed by atoms with E-state index in [1.54, 1.807) is 0 Å². The number of hydrogen-bond donors (Lipinski definition) is 0. The van der Waals surface area contributed by atoms with Crippen molar-refractivity contribution in [2.75, 3.05) is 11.4 Å². The number of ether oxygens (including phenoxy) is 1. The van der Waals surface area contributed by atoms with Gasteiger partial charge in [0.15, 0.2) is 0 Å². The molecule has 1 spiro atoms. The van der Waals surface area contributed by atoms with Gasteiger partial charge in [-0.25, -0.2) is 0 Å². The van der Waals surface area contributed by atoms with E-state index in [-0.39, 0.29) is 5.41 Å². The molecule has 0 radical (unpaired) electrons. The van der Waals surface area contributed by atoms with Crippen molar-refractivity contribution in [2.24, 2.45) is 0 Å². The first-order valence-corrected chi connectivity index (χ1v) is 16.4. The summed E-state index contributed by atoms with van der Waals surface area (Å²) >= 11 is 0. The van der Waals surface area contributed by atoms with Crippen molar-refractivity contribution < 1.29 is 9.53 Å². The minimum atomic E-state index is -0.568. The lowest BCUT2D eigenvalue weighted by Crippen LogP contribution is -2.59. The van der Waals surface area contributed by atoms with Gasteiger partial charge in [-0.05, 0) is 62.2 Å². The fourth-order valence-corrected chi connectivity index (χ4v) is 6.80. The van der Waals surface area contributed by atoms with Gasteiger partial charge in [0.25, 0.3) is 0 Å². The average Bonchev–Trinajstić information content (AvgIpc) is 3.15. The number of unbranched alkanes of at least 4 members (excludes halogenated alkanes) is 15. The number of carbonyl (C=O) groups is 1. The van der Waals surface area contributed by atoms with E-state index in [1.807, 2.05) is 18.2 Å². The van der Waals surface area contributed by atoms with Crippen molar-refractivity contribution in [2.45, 2.75) is 135 Å². The van der Waals surface area contributed by atoms with Gasteiger partial charge in [0.2, 0.25) is 5.72 Å². The molecule has 0 fully saturated rings. The van der Waals surface area contributed by atoms with E-state index in [0.29, 0.717) is 5.56 Å². The van der Waals surface area contributed by atoms with E-state index in [1.165, 1.54) is 114 Å². The minimum absolute atomic E-state index is 0.212. The number of hydrogen-bond acceptors (Lipinski definition) is 3. The number of anilines is 1.